The van der Waals surface area contributed by atoms with Gasteiger partial charge in [0.05, 0.1) is 12.0 Å². The first-order valence-corrected chi connectivity index (χ1v) is 9.99. The molecule has 0 fully saturated rings. The second-order valence-electron chi connectivity index (χ2n) is 7.69. The highest BCUT2D eigenvalue weighted by Gasteiger charge is 2.33. The van der Waals surface area contributed by atoms with Gasteiger partial charge < -0.3 is 24.5 Å². The first kappa shape index (κ1) is 20.3. The number of carbonyl (C=O) groups excluding carboxylic acids is 1. The van der Waals surface area contributed by atoms with E-state index < -0.39 is 23.3 Å². The molecule has 1 atom stereocenters. The number of fused-ring (bicyclic) bond motifs is 3. The zero-order valence-electron chi connectivity index (χ0n) is 16.9. The van der Waals surface area contributed by atoms with Gasteiger partial charge in [-0.25, -0.2) is 4.79 Å². The highest BCUT2D eigenvalue weighted by atomic mass is 16.5. The molecule has 3 N–H and O–H groups in total. The first-order chi connectivity index (χ1) is 15.8. The molecule has 2 heterocycles. The number of ether oxygens (including phenoxy) is 1. The van der Waals surface area contributed by atoms with Crippen LogP contribution in [0.4, 0.5) is 0 Å². The normalized spacial score (nSPS) is 15.2. The van der Waals surface area contributed by atoms with Gasteiger partial charge in [0, 0.05) is 29.2 Å². The minimum absolute atomic E-state index is 0.0497. The molecule has 3 aromatic carbocycles. The van der Waals surface area contributed by atoms with Gasteiger partial charge in [-0.2, -0.15) is 0 Å². The molecule has 0 amide bonds. The molecule has 0 saturated heterocycles. The lowest BCUT2D eigenvalue weighted by Gasteiger charge is -2.26. The largest absolute Gasteiger partial charge is 0.508 e. The second kappa shape index (κ2) is 7.52. The molecule has 0 spiro atoms. The van der Waals surface area contributed by atoms with E-state index >= 15 is 0 Å². The van der Waals surface area contributed by atoms with Crippen molar-refractivity contribution in [2.75, 3.05) is 0 Å². The molecule has 33 heavy (non-hydrogen) atoms. The molecule has 4 aromatic rings. The average Bonchev–Trinajstić information content (AvgIpc) is 2.78. The van der Waals surface area contributed by atoms with Crippen LogP contribution in [0.3, 0.4) is 0 Å². The van der Waals surface area contributed by atoms with E-state index in [1.807, 2.05) is 0 Å². The number of phenolic OH excluding ortho intramolecular Hbond substituents is 2. The Balaban J connectivity index is 1.77. The third-order valence-electron chi connectivity index (χ3n) is 5.64. The van der Waals surface area contributed by atoms with Crippen molar-refractivity contribution in [3.63, 3.8) is 0 Å². The molecule has 1 aromatic heterocycles. The van der Waals surface area contributed by atoms with E-state index in [0.29, 0.717) is 16.7 Å². The van der Waals surface area contributed by atoms with Gasteiger partial charge in [-0.3, -0.25) is 9.59 Å². The maximum atomic E-state index is 12.9. The maximum absolute atomic E-state index is 12.9. The SMILES string of the molecule is O=C1C[C@@H](c2ccc(C(=O)O)cc2)c2c(cc(O)c3c(=O)cc(-c4ccc(O)cc4)oc23)O1. The van der Waals surface area contributed by atoms with Crippen LogP contribution < -0.4 is 10.2 Å². The number of hydrogen-bond donors (Lipinski definition) is 3. The second-order valence-corrected chi connectivity index (χ2v) is 7.69. The Hall–Kier alpha value is -4.59. The zero-order chi connectivity index (χ0) is 23.3. The third-order valence-corrected chi connectivity index (χ3v) is 5.64. The fourth-order valence-corrected chi connectivity index (χ4v) is 4.07. The summed E-state index contributed by atoms with van der Waals surface area (Å²) in [6.07, 6.45) is -0.0631. The predicted octanol–water partition coefficient (Wildman–Crippen LogP) is 4.01. The van der Waals surface area contributed by atoms with Gasteiger partial charge in [0.25, 0.3) is 0 Å². The average molecular weight is 444 g/mol. The smallest absolute Gasteiger partial charge is 0.335 e. The third kappa shape index (κ3) is 3.47. The van der Waals surface area contributed by atoms with Gasteiger partial charge in [-0.15, -0.1) is 0 Å². The van der Waals surface area contributed by atoms with E-state index in [4.69, 9.17) is 9.15 Å². The highest BCUT2D eigenvalue weighted by molar-refractivity contribution is 5.93. The van der Waals surface area contributed by atoms with Crippen LogP contribution in [0.5, 0.6) is 17.2 Å². The van der Waals surface area contributed by atoms with Crippen LogP contribution in [0.15, 0.2) is 69.9 Å². The summed E-state index contributed by atoms with van der Waals surface area (Å²) >= 11 is 0. The zero-order valence-corrected chi connectivity index (χ0v) is 16.9. The molecule has 8 heteroatoms. The first-order valence-electron chi connectivity index (χ1n) is 9.99. The summed E-state index contributed by atoms with van der Waals surface area (Å²) in [5, 5.41) is 29.2. The molecule has 0 unspecified atom stereocenters. The van der Waals surface area contributed by atoms with E-state index in [9.17, 15) is 29.7 Å². The van der Waals surface area contributed by atoms with Crippen molar-refractivity contribution in [1.29, 1.82) is 0 Å². The maximum Gasteiger partial charge on any atom is 0.335 e. The van der Waals surface area contributed by atoms with Crippen LogP contribution in [0.25, 0.3) is 22.3 Å². The lowest BCUT2D eigenvalue weighted by Crippen LogP contribution is -2.22. The quantitative estimate of drug-likeness (QED) is 0.319. The Morgan fingerprint density at radius 1 is 0.939 bits per heavy atom. The molecule has 0 aliphatic carbocycles. The molecule has 5 rings (SSSR count). The number of carbonyl (C=O) groups is 2. The van der Waals surface area contributed by atoms with Crippen molar-refractivity contribution in [3.05, 3.63) is 87.6 Å². The number of benzene rings is 3. The summed E-state index contributed by atoms with van der Waals surface area (Å²) in [5.74, 6) is -2.27. The Kier molecular flexibility index (Phi) is 4.63. The fourth-order valence-electron chi connectivity index (χ4n) is 4.07. The molecule has 1 aliphatic heterocycles. The summed E-state index contributed by atoms with van der Waals surface area (Å²) in [4.78, 5) is 36.5. The Morgan fingerprint density at radius 2 is 1.64 bits per heavy atom. The van der Waals surface area contributed by atoms with Crippen molar-refractivity contribution in [3.8, 4) is 28.6 Å². The highest BCUT2D eigenvalue weighted by Crippen LogP contribution is 2.46. The number of aromatic carboxylic acids is 1. The molecule has 0 saturated carbocycles. The van der Waals surface area contributed by atoms with Gasteiger partial charge in [0.1, 0.15) is 34.0 Å². The number of carboxylic acid groups (broad SMARTS) is 1. The number of esters is 1. The summed E-state index contributed by atoms with van der Waals surface area (Å²) in [6.45, 7) is 0. The van der Waals surface area contributed by atoms with Crippen LogP contribution in [0.1, 0.15) is 33.8 Å². The van der Waals surface area contributed by atoms with Crippen molar-refractivity contribution in [2.24, 2.45) is 0 Å². The standard InChI is InChI=1S/C25H16O8/c26-15-7-5-13(6-8-15)19-10-17(27)23-18(28)11-20-22(24(23)33-19)16(9-21(29)32-20)12-1-3-14(4-2-12)25(30)31/h1-8,10-11,16,26,28H,9H2,(H,30,31)/t16-/m0/s1. The topological polar surface area (TPSA) is 134 Å². The minimum atomic E-state index is -1.08. The number of carboxylic acids is 1. The van der Waals surface area contributed by atoms with Gasteiger partial charge in [-0.05, 0) is 42.0 Å². The lowest BCUT2D eigenvalue weighted by molar-refractivity contribution is -0.135. The summed E-state index contributed by atoms with van der Waals surface area (Å²) in [6, 6.07) is 14.6. The number of rotatable bonds is 3. The summed E-state index contributed by atoms with van der Waals surface area (Å²) in [7, 11) is 0. The Bertz CT molecular complexity index is 1480. The van der Waals surface area contributed by atoms with E-state index in [1.54, 1.807) is 24.3 Å². The van der Waals surface area contributed by atoms with Gasteiger partial charge in [-0.1, -0.05) is 12.1 Å². The Morgan fingerprint density at radius 3 is 2.30 bits per heavy atom. The van der Waals surface area contributed by atoms with E-state index in [2.05, 4.69) is 0 Å². The van der Waals surface area contributed by atoms with Crippen molar-refractivity contribution < 1.29 is 34.1 Å². The van der Waals surface area contributed by atoms with Crippen molar-refractivity contribution in [1.82, 2.24) is 0 Å². The van der Waals surface area contributed by atoms with Crippen LogP contribution in [0, 0.1) is 0 Å². The van der Waals surface area contributed by atoms with Crippen LogP contribution in [-0.2, 0) is 4.79 Å². The van der Waals surface area contributed by atoms with Gasteiger partial charge >= 0.3 is 11.9 Å². The van der Waals surface area contributed by atoms with Crippen molar-refractivity contribution in [2.45, 2.75) is 12.3 Å². The van der Waals surface area contributed by atoms with Crippen LogP contribution >= 0.6 is 0 Å². The number of hydrogen-bond acceptors (Lipinski definition) is 7. The van der Waals surface area contributed by atoms with E-state index in [1.165, 1.54) is 36.4 Å². The van der Waals surface area contributed by atoms with Crippen LogP contribution in [-0.4, -0.2) is 27.3 Å². The lowest BCUT2D eigenvalue weighted by atomic mass is 9.84. The van der Waals surface area contributed by atoms with E-state index in [0.717, 1.165) is 0 Å². The monoisotopic (exact) mass is 444 g/mol. The molecule has 164 valence electrons. The summed E-state index contributed by atoms with van der Waals surface area (Å²) in [5.41, 5.74) is 1.23. The molecule has 8 nitrogen and oxygen atoms in total. The van der Waals surface area contributed by atoms with Gasteiger partial charge in [0.2, 0.25) is 0 Å². The number of phenols is 2. The summed E-state index contributed by atoms with van der Waals surface area (Å²) < 4.78 is 11.4. The number of aromatic hydroxyl groups is 2. The fraction of sp³-hybridized carbons (Fsp3) is 0.0800. The molecule has 0 radical (unpaired) electrons. The van der Waals surface area contributed by atoms with E-state index in [-0.39, 0.29) is 46.0 Å². The molecule has 1 aliphatic rings. The van der Waals surface area contributed by atoms with Gasteiger partial charge in [0.15, 0.2) is 5.43 Å². The molecular weight excluding hydrogens is 428 g/mol. The minimum Gasteiger partial charge on any atom is -0.508 e. The Labute approximate surface area is 185 Å². The predicted molar refractivity (Wildman–Crippen MR) is 117 cm³/mol. The van der Waals surface area contributed by atoms with Crippen molar-refractivity contribution >= 4 is 22.9 Å². The molecular formula is C25H16O8. The van der Waals surface area contributed by atoms with Crippen LogP contribution in [0.2, 0.25) is 0 Å². The molecule has 0 bridgehead atoms.